The van der Waals surface area contributed by atoms with Crippen LogP contribution < -0.4 is 4.90 Å². The number of rotatable bonds is 8. The van der Waals surface area contributed by atoms with Crippen molar-refractivity contribution in [2.45, 2.75) is 13.3 Å². The summed E-state index contributed by atoms with van der Waals surface area (Å²) < 4.78 is 0. The average molecular weight is 465 g/mol. The smallest absolute Gasteiger partial charge is 0.336 e. The molecule has 0 fully saturated rings. The largest absolute Gasteiger partial charge is 0.478 e. The lowest BCUT2D eigenvalue weighted by Gasteiger charge is -2.19. The number of carbonyl (C=O) groups excluding carboxylic acids is 2. The quantitative estimate of drug-likeness (QED) is 0.343. The fraction of sp³-hybridized carbons (Fsp3) is 0.103. The molecule has 0 saturated heterocycles. The monoisotopic (exact) mass is 464 g/mol. The third-order valence-electron chi connectivity index (χ3n) is 5.89. The third kappa shape index (κ3) is 5.01. The van der Waals surface area contributed by atoms with Crippen LogP contribution in [0.5, 0.6) is 0 Å². The van der Waals surface area contributed by atoms with Gasteiger partial charge >= 0.3 is 5.97 Å². The highest BCUT2D eigenvalue weighted by Gasteiger charge is 2.21. The number of carboxylic acid groups (broad SMARTS) is 1. The fourth-order valence-corrected chi connectivity index (χ4v) is 3.78. The average Bonchev–Trinajstić information content (AvgIpc) is 2.92. The number of carboxylic acids is 1. The minimum atomic E-state index is -1.28. The van der Waals surface area contributed by atoms with Crippen molar-refractivity contribution in [3.8, 4) is 0 Å². The van der Waals surface area contributed by atoms with Crippen LogP contribution in [0.2, 0.25) is 0 Å². The summed E-state index contributed by atoms with van der Waals surface area (Å²) in [6.07, 6.45) is 2.57. The summed E-state index contributed by atoms with van der Waals surface area (Å²) in [5, 5.41) is 9.69. The summed E-state index contributed by atoms with van der Waals surface area (Å²) in [5.74, 6) is -2.12. The number of nitrogens with zero attached hydrogens (tertiary/aromatic N) is 2. The van der Waals surface area contributed by atoms with Crippen molar-refractivity contribution in [1.29, 1.82) is 0 Å². The number of hydrogen-bond acceptors (Lipinski definition) is 5. The van der Waals surface area contributed by atoms with Gasteiger partial charge in [0.1, 0.15) is 5.69 Å². The summed E-state index contributed by atoms with van der Waals surface area (Å²) in [6, 6.07) is 24.1. The van der Waals surface area contributed by atoms with Gasteiger partial charge in [0.05, 0.1) is 17.4 Å². The maximum Gasteiger partial charge on any atom is 0.336 e. The second kappa shape index (κ2) is 10.1. The first-order valence-corrected chi connectivity index (χ1v) is 11.2. The Labute approximate surface area is 203 Å². The second-order valence-corrected chi connectivity index (χ2v) is 8.07. The fourth-order valence-electron chi connectivity index (χ4n) is 3.78. The van der Waals surface area contributed by atoms with E-state index >= 15 is 0 Å². The van der Waals surface area contributed by atoms with Crippen LogP contribution >= 0.6 is 0 Å². The maximum atomic E-state index is 13.0. The Kier molecular flexibility index (Phi) is 6.83. The summed E-state index contributed by atoms with van der Waals surface area (Å²) in [4.78, 5) is 44.0. The maximum absolute atomic E-state index is 13.0. The SMILES string of the molecule is CCc1ccc(N(C)c2ccc(C(=O)c3ccc(C(=O)c4ccccc4)c(C(=O)O)c3)nc2)cc1. The Balaban J connectivity index is 1.58. The molecule has 0 radical (unpaired) electrons. The molecule has 0 atom stereocenters. The van der Waals surface area contributed by atoms with Gasteiger partial charge in [-0.2, -0.15) is 0 Å². The molecule has 0 bridgehead atoms. The van der Waals surface area contributed by atoms with E-state index in [2.05, 4.69) is 24.0 Å². The summed E-state index contributed by atoms with van der Waals surface area (Å²) in [6.45, 7) is 2.10. The van der Waals surface area contributed by atoms with Crippen LogP contribution in [-0.2, 0) is 6.42 Å². The van der Waals surface area contributed by atoms with Crippen molar-refractivity contribution in [3.05, 3.63) is 125 Å². The van der Waals surface area contributed by atoms with Crippen molar-refractivity contribution in [2.75, 3.05) is 11.9 Å². The predicted molar refractivity (Wildman–Crippen MR) is 135 cm³/mol. The Morgan fingerprint density at radius 1 is 0.771 bits per heavy atom. The second-order valence-electron chi connectivity index (χ2n) is 8.07. The number of carbonyl (C=O) groups is 3. The van der Waals surface area contributed by atoms with Gasteiger partial charge in [0.25, 0.3) is 0 Å². The first kappa shape index (κ1) is 23.6. The Morgan fingerprint density at radius 3 is 2.06 bits per heavy atom. The number of aryl methyl sites for hydroxylation is 1. The Bertz CT molecular complexity index is 1380. The van der Waals surface area contributed by atoms with Gasteiger partial charge in [-0.25, -0.2) is 4.79 Å². The molecule has 0 aliphatic heterocycles. The molecule has 6 heteroatoms. The van der Waals surface area contributed by atoms with Gasteiger partial charge in [-0.15, -0.1) is 0 Å². The zero-order valence-electron chi connectivity index (χ0n) is 19.4. The zero-order valence-corrected chi connectivity index (χ0v) is 19.4. The molecule has 4 rings (SSSR count). The van der Waals surface area contributed by atoms with Crippen LogP contribution in [0.1, 0.15) is 54.8 Å². The van der Waals surface area contributed by atoms with E-state index in [1.54, 1.807) is 48.7 Å². The molecule has 0 aliphatic rings. The van der Waals surface area contributed by atoms with Crippen molar-refractivity contribution in [2.24, 2.45) is 0 Å². The molecule has 1 N–H and O–H groups in total. The molecule has 35 heavy (non-hydrogen) atoms. The van der Waals surface area contributed by atoms with E-state index in [1.165, 1.54) is 23.8 Å². The molecule has 1 aromatic heterocycles. The van der Waals surface area contributed by atoms with Crippen LogP contribution in [0.15, 0.2) is 91.1 Å². The van der Waals surface area contributed by atoms with E-state index in [-0.39, 0.29) is 22.4 Å². The molecule has 3 aromatic carbocycles. The first-order valence-electron chi connectivity index (χ1n) is 11.2. The van der Waals surface area contributed by atoms with Gasteiger partial charge in [0.15, 0.2) is 5.78 Å². The molecule has 1 heterocycles. The van der Waals surface area contributed by atoms with Crippen molar-refractivity contribution >= 4 is 28.9 Å². The van der Waals surface area contributed by atoms with Crippen LogP contribution in [0.4, 0.5) is 11.4 Å². The summed E-state index contributed by atoms with van der Waals surface area (Å²) >= 11 is 0. The summed E-state index contributed by atoms with van der Waals surface area (Å²) in [5.41, 5.74) is 3.56. The number of aromatic nitrogens is 1. The van der Waals surface area contributed by atoms with E-state index in [9.17, 15) is 19.5 Å². The van der Waals surface area contributed by atoms with Gasteiger partial charge in [0, 0.05) is 29.4 Å². The van der Waals surface area contributed by atoms with Gasteiger partial charge in [0.2, 0.25) is 5.78 Å². The molecule has 0 spiro atoms. The highest BCUT2D eigenvalue weighted by molar-refractivity contribution is 6.16. The molecule has 4 aromatic rings. The van der Waals surface area contributed by atoms with Crippen LogP contribution in [-0.4, -0.2) is 34.7 Å². The Hall–Kier alpha value is -4.58. The number of hydrogen-bond donors (Lipinski definition) is 1. The highest BCUT2D eigenvalue weighted by Crippen LogP contribution is 2.24. The molecule has 0 aliphatic carbocycles. The number of pyridine rings is 1. The van der Waals surface area contributed by atoms with Crippen LogP contribution in [0, 0.1) is 0 Å². The molecule has 0 amide bonds. The molecule has 174 valence electrons. The lowest BCUT2D eigenvalue weighted by atomic mass is 9.95. The number of anilines is 2. The lowest BCUT2D eigenvalue weighted by molar-refractivity contribution is 0.0692. The predicted octanol–water partition coefficient (Wildman–Crippen LogP) is 5.57. The topological polar surface area (TPSA) is 87.6 Å². The van der Waals surface area contributed by atoms with E-state index in [4.69, 9.17) is 0 Å². The first-order chi connectivity index (χ1) is 16.9. The molecule has 0 unspecified atom stereocenters. The standard InChI is InChI=1S/C29H24N2O4/c1-3-19-9-12-22(13-10-19)31(2)23-14-16-26(30-18-23)28(33)21-11-15-24(25(17-21)29(34)35)27(32)20-7-5-4-6-8-20/h4-18H,3H2,1-2H3,(H,34,35). The minimum absolute atomic E-state index is 0.0271. The van der Waals surface area contributed by atoms with Crippen LogP contribution in [0.25, 0.3) is 0 Å². The van der Waals surface area contributed by atoms with Gasteiger partial charge in [-0.1, -0.05) is 55.5 Å². The molecular weight excluding hydrogens is 440 g/mol. The van der Waals surface area contributed by atoms with E-state index in [0.717, 1.165) is 17.8 Å². The van der Waals surface area contributed by atoms with Crippen LogP contribution in [0.3, 0.4) is 0 Å². The summed E-state index contributed by atoms with van der Waals surface area (Å²) in [7, 11) is 1.92. The number of aromatic carboxylic acids is 1. The normalized spacial score (nSPS) is 10.6. The van der Waals surface area contributed by atoms with Crippen molar-refractivity contribution in [1.82, 2.24) is 4.98 Å². The Morgan fingerprint density at radius 2 is 1.46 bits per heavy atom. The molecule has 0 saturated carbocycles. The van der Waals surface area contributed by atoms with E-state index < -0.39 is 17.5 Å². The number of benzene rings is 3. The third-order valence-corrected chi connectivity index (χ3v) is 5.89. The molecule has 6 nitrogen and oxygen atoms in total. The molecular formula is C29H24N2O4. The van der Waals surface area contributed by atoms with Gasteiger partial charge in [-0.05, 0) is 48.4 Å². The minimum Gasteiger partial charge on any atom is -0.478 e. The van der Waals surface area contributed by atoms with Crippen molar-refractivity contribution in [3.63, 3.8) is 0 Å². The van der Waals surface area contributed by atoms with E-state index in [1.807, 2.05) is 24.1 Å². The zero-order chi connectivity index (χ0) is 24.9. The van der Waals surface area contributed by atoms with E-state index in [0.29, 0.717) is 5.56 Å². The van der Waals surface area contributed by atoms with Gasteiger partial charge < -0.3 is 10.0 Å². The van der Waals surface area contributed by atoms with Crippen molar-refractivity contribution < 1.29 is 19.5 Å². The highest BCUT2D eigenvalue weighted by atomic mass is 16.4. The number of ketones is 2. The van der Waals surface area contributed by atoms with Gasteiger partial charge in [-0.3, -0.25) is 14.6 Å². The lowest BCUT2D eigenvalue weighted by Crippen LogP contribution is -2.13.